The molecule has 0 aromatic heterocycles. The van der Waals surface area contributed by atoms with Crippen LogP contribution in [0.25, 0.3) is 5.70 Å². The van der Waals surface area contributed by atoms with Crippen LogP contribution in [0.3, 0.4) is 0 Å². The molecule has 0 spiro atoms. The van der Waals surface area contributed by atoms with E-state index in [0.29, 0.717) is 17.3 Å². The van der Waals surface area contributed by atoms with Gasteiger partial charge in [-0.2, -0.15) is 5.26 Å². The Balaban J connectivity index is 2.11. The van der Waals surface area contributed by atoms with Crippen LogP contribution in [0, 0.1) is 17.1 Å². The van der Waals surface area contributed by atoms with Crippen molar-refractivity contribution in [2.45, 2.75) is 6.54 Å². The molecule has 0 aliphatic carbocycles. The van der Waals surface area contributed by atoms with E-state index in [9.17, 15) is 4.39 Å². The van der Waals surface area contributed by atoms with Crippen LogP contribution in [0.1, 0.15) is 11.1 Å². The third kappa shape index (κ3) is 3.84. The molecule has 4 heteroatoms. The maximum absolute atomic E-state index is 12.9. The third-order valence-corrected chi connectivity index (χ3v) is 3.01. The third-order valence-electron chi connectivity index (χ3n) is 2.76. The van der Waals surface area contributed by atoms with E-state index in [1.165, 1.54) is 18.2 Å². The van der Waals surface area contributed by atoms with Gasteiger partial charge in [0.15, 0.2) is 0 Å². The Kier molecular flexibility index (Phi) is 4.75. The molecule has 0 aliphatic rings. The van der Waals surface area contributed by atoms with Gasteiger partial charge in [-0.05, 0) is 47.5 Å². The molecule has 20 heavy (non-hydrogen) atoms. The van der Waals surface area contributed by atoms with E-state index in [2.05, 4.69) is 5.32 Å². The first kappa shape index (κ1) is 14.1. The average Bonchev–Trinajstić information content (AvgIpc) is 2.46. The summed E-state index contributed by atoms with van der Waals surface area (Å²) in [6, 6.07) is 15.4. The predicted molar refractivity (Wildman–Crippen MR) is 78.3 cm³/mol. The lowest BCUT2D eigenvalue weighted by molar-refractivity contribution is 0.627. The van der Waals surface area contributed by atoms with E-state index >= 15 is 0 Å². The van der Waals surface area contributed by atoms with E-state index in [0.717, 1.165) is 11.1 Å². The monoisotopic (exact) mass is 286 g/mol. The van der Waals surface area contributed by atoms with Crippen molar-refractivity contribution in [1.29, 1.82) is 5.26 Å². The van der Waals surface area contributed by atoms with Gasteiger partial charge in [0, 0.05) is 17.6 Å². The first-order valence-electron chi connectivity index (χ1n) is 6.03. The smallest absolute Gasteiger partial charge is 0.123 e. The molecule has 0 radical (unpaired) electrons. The van der Waals surface area contributed by atoms with E-state index in [4.69, 9.17) is 16.9 Å². The Labute approximate surface area is 122 Å². The molecule has 0 amide bonds. The van der Waals surface area contributed by atoms with Gasteiger partial charge in [0.25, 0.3) is 0 Å². The minimum atomic E-state index is -0.303. The summed E-state index contributed by atoms with van der Waals surface area (Å²) in [6.07, 6.45) is 1.41. The van der Waals surface area contributed by atoms with Crippen molar-refractivity contribution >= 4 is 17.3 Å². The zero-order chi connectivity index (χ0) is 14.4. The zero-order valence-corrected chi connectivity index (χ0v) is 11.4. The molecule has 2 aromatic carbocycles. The standard InChI is InChI=1S/C16H12ClFN2/c17-14-5-1-12(2-6-14)11-20-16(9-10-19)13-3-7-15(18)8-4-13/h1-9,20H,11H2. The molecule has 0 bridgehead atoms. The Hall–Kier alpha value is -2.31. The van der Waals surface area contributed by atoms with Crippen LogP contribution in [0.15, 0.2) is 54.6 Å². The number of nitriles is 1. The molecule has 1 N–H and O–H groups in total. The Morgan fingerprint density at radius 1 is 1.15 bits per heavy atom. The summed E-state index contributed by atoms with van der Waals surface area (Å²) in [7, 11) is 0. The number of halogens is 2. The van der Waals surface area contributed by atoms with Gasteiger partial charge in [-0.3, -0.25) is 0 Å². The van der Waals surface area contributed by atoms with Crippen LogP contribution in [-0.4, -0.2) is 0 Å². The maximum atomic E-state index is 12.9. The van der Waals surface area contributed by atoms with E-state index in [1.807, 2.05) is 30.3 Å². The molecule has 0 aliphatic heterocycles. The highest BCUT2D eigenvalue weighted by molar-refractivity contribution is 6.30. The molecule has 0 fully saturated rings. The van der Waals surface area contributed by atoms with Gasteiger partial charge in [0.05, 0.1) is 11.8 Å². The second-order valence-electron chi connectivity index (χ2n) is 4.17. The summed E-state index contributed by atoms with van der Waals surface area (Å²) >= 11 is 5.82. The van der Waals surface area contributed by atoms with Gasteiger partial charge in [-0.25, -0.2) is 4.39 Å². The van der Waals surface area contributed by atoms with E-state index < -0.39 is 0 Å². The average molecular weight is 287 g/mol. The Morgan fingerprint density at radius 3 is 2.40 bits per heavy atom. The Morgan fingerprint density at radius 2 is 1.80 bits per heavy atom. The van der Waals surface area contributed by atoms with E-state index in [1.54, 1.807) is 12.1 Å². The fourth-order valence-electron chi connectivity index (χ4n) is 1.73. The molecule has 0 atom stereocenters. The summed E-state index contributed by atoms with van der Waals surface area (Å²) in [5.74, 6) is -0.303. The lowest BCUT2D eigenvalue weighted by Gasteiger charge is -2.10. The number of rotatable bonds is 4. The number of hydrogen-bond acceptors (Lipinski definition) is 2. The topological polar surface area (TPSA) is 35.8 Å². The number of nitrogens with one attached hydrogen (secondary N) is 1. The van der Waals surface area contributed by atoms with E-state index in [-0.39, 0.29) is 5.82 Å². The van der Waals surface area contributed by atoms with Crippen molar-refractivity contribution in [1.82, 2.24) is 5.32 Å². The van der Waals surface area contributed by atoms with Crippen LogP contribution in [0.2, 0.25) is 5.02 Å². The van der Waals surface area contributed by atoms with Crippen molar-refractivity contribution in [2.75, 3.05) is 0 Å². The molecule has 0 saturated heterocycles. The number of allylic oxidation sites excluding steroid dienone is 1. The number of benzene rings is 2. The lowest BCUT2D eigenvalue weighted by atomic mass is 10.1. The molecule has 2 nitrogen and oxygen atoms in total. The summed E-state index contributed by atoms with van der Waals surface area (Å²) in [6.45, 7) is 0.558. The van der Waals surface area contributed by atoms with Gasteiger partial charge >= 0.3 is 0 Å². The van der Waals surface area contributed by atoms with Crippen molar-refractivity contribution in [3.8, 4) is 6.07 Å². The fourth-order valence-corrected chi connectivity index (χ4v) is 1.86. The maximum Gasteiger partial charge on any atom is 0.123 e. The second kappa shape index (κ2) is 6.74. The van der Waals surface area contributed by atoms with Crippen LogP contribution in [0.5, 0.6) is 0 Å². The molecule has 2 rings (SSSR count). The normalized spacial score (nSPS) is 10.9. The van der Waals surface area contributed by atoms with Gasteiger partial charge in [0.2, 0.25) is 0 Å². The summed E-state index contributed by atoms with van der Waals surface area (Å²) in [5, 5.41) is 12.7. The van der Waals surface area contributed by atoms with Crippen molar-refractivity contribution in [2.24, 2.45) is 0 Å². The number of nitrogens with zero attached hydrogens (tertiary/aromatic N) is 1. The van der Waals surface area contributed by atoms with Crippen molar-refractivity contribution < 1.29 is 4.39 Å². The summed E-state index contributed by atoms with van der Waals surface area (Å²) < 4.78 is 12.9. The molecule has 0 unspecified atom stereocenters. The largest absolute Gasteiger partial charge is 0.380 e. The minimum absolute atomic E-state index is 0.303. The first-order valence-corrected chi connectivity index (χ1v) is 6.41. The fraction of sp³-hybridized carbons (Fsp3) is 0.0625. The van der Waals surface area contributed by atoms with Gasteiger partial charge in [-0.1, -0.05) is 23.7 Å². The van der Waals surface area contributed by atoms with Crippen LogP contribution in [-0.2, 0) is 6.54 Å². The summed E-state index contributed by atoms with van der Waals surface area (Å²) in [4.78, 5) is 0. The van der Waals surface area contributed by atoms with Crippen LogP contribution in [0.4, 0.5) is 4.39 Å². The quantitative estimate of drug-likeness (QED) is 0.858. The molecular formula is C16H12ClFN2. The van der Waals surface area contributed by atoms with Gasteiger partial charge in [0.1, 0.15) is 5.82 Å². The van der Waals surface area contributed by atoms with Gasteiger partial charge in [-0.15, -0.1) is 0 Å². The molecule has 0 heterocycles. The highest BCUT2D eigenvalue weighted by Gasteiger charge is 2.02. The summed E-state index contributed by atoms with van der Waals surface area (Å²) in [5.41, 5.74) is 2.46. The number of hydrogen-bond donors (Lipinski definition) is 1. The highest BCUT2D eigenvalue weighted by Crippen LogP contribution is 2.14. The molecular weight excluding hydrogens is 275 g/mol. The minimum Gasteiger partial charge on any atom is -0.380 e. The lowest BCUT2D eigenvalue weighted by Crippen LogP contribution is -2.11. The first-order chi connectivity index (χ1) is 9.69. The second-order valence-corrected chi connectivity index (χ2v) is 4.61. The zero-order valence-electron chi connectivity index (χ0n) is 10.6. The van der Waals surface area contributed by atoms with Gasteiger partial charge < -0.3 is 5.32 Å². The highest BCUT2D eigenvalue weighted by atomic mass is 35.5. The Bertz CT molecular complexity index is 640. The van der Waals surface area contributed by atoms with Crippen molar-refractivity contribution in [3.05, 3.63) is 76.6 Å². The molecule has 100 valence electrons. The predicted octanol–water partition coefficient (Wildman–Crippen LogP) is 4.13. The SMILES string of the molecule is N#CC=C(NCc1ccc(Cl)cc1)c1ccc(F)cc1. The van der Waals surface area contributed by atoms with Crippen molar-refractivity contribution in [3.63, 3.8) is 0 Å². The van der Waals surface area contributed by atoms with Crippen LogP contribution >= 0.6 is 11.6 Å². The molecule has 0 saturated carbocycles. The molecule has 2 aromatic rings. The van der Waals surface area contributed by atoms with Crippen LogP contribution < -0.4 is 5.32 Å².